The van der Waals surface area contributed by atoms with Gasteiger partial charge in [0.25, 0.3) is 10.1 Å². The average Bonchev–Trinajstić information content (AvgIpc) is 2.46. The van der Waals surface area contributed by atoms with Crippen LogP contribution in [0.3, 0.4) is 0 Å². The Balaban J connectivity index is 0.00000144. The number of rotatable bonds is 1. The van der Waals surface area contributed by atoms with Crippen LogP contribution in [-0.2, 0) is 10.1 Å². The van der Waals surface area contributed by atoms with Crippen LogP contribution in [0.1, 0.15) is 31.8 Å². The molecule has 0 bridgehead atoms. The Hall–Kier alpha value is -0.710. The predicted molar refractivity (Wildman–Crippen MR) is 68.5 cm³/mol. The fraction of sp³-hybridized carbons (Fsp3) is 0. The number of benzene rings is 2. The molecule has 0 aliphatic heterocycles. The van der Waals surface area contributed by atoms with E-state index in [2.05, 4.69) is 0 Å². The molecule has 0 saturated carbocycles. The van der Waals surface area contributed by atoms with Gasteiger partial charge in [0.15, 0.2) is 11.6 Å². The molecule has 0 spiro atoms. The monoisotopic (exact) mass is 364 g/mol. The molecular weight excluding hydrogens is 358 g/mol. The van der Waals surface area contributed by atoms with Crippen molar-refractivity contribution in [3.05, 3.63) is 52.6 Å². The first kappa shape index (κ1) is 21.3. The maximum absolute atomic E-state index is 12.3. The average molecular weight is 364 g/mol. The van der Waals surface area contributed by atoms with Crippen molar-refractivity contribution in [3.8, 4) is 11.5 Å². The first-order valence-corrected chi connectivity index (χ1v) is 7.38. The topological polar surface area (TPSA) is 135 Å². The predicted octanol–water partition coefficient (Wildman–Crippen LogP) is -6.14. The van der Waals surface area contributed by atoms with Gasteiger partial charge >= 0.3 is 59.1 Å². The fourth-order valence-corrected chi connectivity index (χ4v) is 2.97. The first-order chi connectivity index (χ1) is 10.2. The quantitative estimate of drug-likeness (QED) is 0.335. The van der Waals surface area contributed by atoms with Crippen LogP contribution in [0.2, 0.25) is 0 Å². The summed E-state index contributed by atoms with van der Waals surface area (Å²) in [5.74, 6) is -4.54. The smallest absolute Gasteiger partial charge is 0.872 e. The maximum atomic E-state index is 12.3. The summed E-state index contributed by atoms with van der Waals surface area (Å²) >= 11 is 0. The molecule has 1 aliphatic rings. The minimum atomic E-state index is -4.98. The molecule has 10 heteroatoms. The summed E-state index contributed by atoms with van der Waals surface area (Å²) in [6.45, 7) is 0. The summed E-state index contributed by atoms with van der Waals surface area (Å²) in [5, 5.41) is 23.7. The van der Waals surface area contributed by atoms with E-state index in [9.17, 15) is 28.2 Å². The molecule has 2 aromatic rings. The minimum Gasteiger partial charge on any atom is -0.872 e. The van der Waals surface area contributed by atoms with Crippen molar-refractivity contribution in [1.82, 2.24) is 0 Å². The Morgan fingerprint density at radius 2 is 1.33 bits per heavy atom. The number of ketones is 2. The van der Waals surface area contributed by atoms with Crippen LogP contribution in [0.5, 0.6) is 11.5 Å². The van der Waals surface area contributed by atoms with Crippen molar-refractivity contribution in [2.75, 3.05) is 0 Å². The van der Waals surface area contributed by atoms with Gasteiger partial charge in [0.2, 0.25) is 0 Å². The van der Waals surface area contributed by atoms with Crippen LogP contribution in [0.25, 0.3) is 0 Å². The second-order valence-electron chi connectivity index (χ2n) is 4.63. The number of hydrogen-bond donors (Lipinski definition) is 1. The van der Waals surface area contributed by atoms with Crippen molar-refractivity contribution in [3.63, 3.8) is 0 Å². The Kier molecular flexibility index (Phi) is 6.46. The van der Waals surface area contributed by atoms with Crippen molar-refractivity contribution >= 4 is 21.7 Å². The SMILES string of the molecule is O=C1c2ccccc2C(=O)c2c1cc(S(=O)(=O)O)c([O-])c2[O-].[Na+].[Na+]. The van der Waals surface area contributed by atoms with E-state index in [0.29, 0.717) is 6.07 Å². The molecule has 24 heavy (non-hydrogen) atoms. The van der Waals surface area contributed by atoms with Gasteiger partial charge in [0.1, 0.15) is 0 Å². The molecule has 1 aliphatic carbocycles. The second-order valence-corrected chi connectivity index (χ2v) is 6.02. The zero-order valence-electron chi connectivity index (χ0n) is 12.7. The molecule has 0 unspecified atom stereocenters. The Morgan fingerprint density at radius 1 is 0.833 bits per heavy atom. The van der Waals surface area contributed by atoms with E-state index in [1.807, 2.05) is 0 Å². The van der Waals surface area contributed by atoms with E-state index in [0.717, 1.165) is 0 Å². The normalized spacial score (nSPS) is 12.5. The molecule has 0 amide bonds. The molecule has 0 heterocycles. The third kappa shape index (κ3) is 3.21. The summed E-state index contributed by atoms with van der Waals surface area (Å²) in [4.78, 5) is 23.4. The van der Waals surface area contributed by atoms with E-state index in [-0.39, 0.29) is 70.2 Å². The number of fused-ring (bicyclic) bond motifs is 2. The summed E-state index contributed by atoms with van der Waals surface area (Å²) in [6, 6.07) is 6.24. The Labute approximate surface area is 181 Å². The zero-order valence-corrected chi connectivity index (χ0v) is 17.5. The first-order valence-electron chi connectivity index (χ1n) is 5.94. The number of hydrogen-bond acceptors (Lipinski definition) is 6. The van der Waals surface area contributed by atoms with E-state index >= 15 is 0 Å². The summed E-state index contributed by atoms with van der Waals surface area (Å²) in [7, 11) is -4.98. The number of carbonyl (C=O) groups is 2. The van der Waals surface area contributed by atoms with Crippen LogP contribution in [0.15, 0.2) is 35.2 Å². The Morgan fingerprint density at radius 3 is 1.83 bits per heavy atom. The van der Waals surface area contributed by atoms with Crippen LogP contribution >= 0.6 is 0 Å². The van der Waals surface area contributed by atoms with E-state index < -0.39 is 49.2 Å². The summed E-state index contributed by atoms with van der Waals surface area (Å²) < 4.78 is 31.3. The van der Waals surface area contributed by atoms with Crippen LogP contribution in [-0.4, -0.2) is 24.5 Å². The van der Waals surface area contributed by atoms with E-state index in [1.54, 1.807) is 0 Å². The molecule has 0 radical (unpaired) electrons. The molecule has 3 rings (SSSR count). The second kappa shape index (κ2) is 7.27. The van der Waals surface area contributed by atoms with Crippen LogP contribution < -0.4 is 69.3 Å². The van der Waals surface area contributed by atoms with Crippen molar-refractivity contribution in [1.29, 1.82) is 0 Å². The molecule has 2 aromatic carbocycles. The van der Waals surface area contributed by atoms with Crippen molar-refractivity contribution in [2.45, 2.75) is 4.90 Å². The largest absolute Gasteiger partial charge is 1.00 e. The molecule has 0 atom stereocenters. The van der Waals surface area contributed by atoms with Crippen molar-refractivity contribution in [2.24, 2.45) is 0 Å². The molecule has 7 nitrogen and oxygen atoms in total. The maximum Gasteiger partial charge on any atom is 1.00 e. The molecule has 0 aromatic heterocycles. The molecule has 112 valence electrons. The molecule has 0 fully saturated rings. The van der Waals surface area contributed by atoms with E-state index in [1.165, 1.54) is 24.3 Å². The third-order valence-electron chi connectivity index (χ3n) is 3.37. The Bertz CT molecular complexity index is 967. The fourth-order valence-electron chi connectivity index (χ4n) is 2.37. The van der Waals surface area contributed by atoms with Gasteiger partial charge in [-0.05, 0) is 6.07 Å². The molecule has 0 saturated heterocycles. The van der Waals surface area contributed by atoms with Gasteiger partial charge in [-0.15, -0.1) is 5.75 Å². The van der Waals surface area contributed by atoms with Gasteiger partial charge in [0.05, 0.1) is 4.90 Å². The van der Waals surface area contributed by atoms with E-state index in [4.69, 9.17) is 4.55 Å². The molecule has 1 N–H and O–H groups in total. The van der Waals surface area contributed by atoms with Gasteiger partial charge < -0.3 is 10.2 Å². The van der Waals surface area contributed by atoms with Gasteiger partial charge in [-0.2, -0.15) is 8.42 Å². The van der Waals surface area contributed by atoms with Gasteiger partial charge in [-0.25, -0.2) is 0 Å². The van der Waals surface area contributed by atoms with Gasteiger partial charge in [0, 0.05) is 22.3 Å². The zero-order chi connectivity index (χ0) is 16.2. The summed E-state index contributed by atoms with van der Waals surface area (Å²) in [6.07, 6.45) is 0. The minimum absolute atomic E-state index is 0. The standard InChI is InChI=1S/C14H8O7S.2Na/c15-11-6-3-1-2-4-7(6)12(16)10-8(11)5-9(22(19,20)21)13(17)14(10)18;;/h1-5,17-18H,(H,19,20,21);;/q;2*+1/p-2. The number of carbonyl (C=O) groups excluding carboxylic acids is 2. The van der Waals surface area contributed by atoms with Crippen molar-refractivity contribution < 1.29 is 91.9 Å². The molecular formula is C14H6Na2O7S. The van der Waals surface area contributed by atoms with Crippen LogP contribution in [0, 0.1) is 0 Å². The third-order valence-corrected chi connectivity index (χ3v) is 4.23. The van der Waals surface area contributed by atoms with Gasteiger partial charge in [-0.3, -0.25) is 14.1 Å². The van der Waals surface area contributed by atoms with Gasteiger partial charge in [-0.1, -0.05) is 30.0 Å². The summed E-state index contributed by atoms with van der Waals surface area (Å²) in [5.41, 5.74) is -1.20. The van der Waals surface area contributed by atoms with Crippen LogP contribution in [0.4, 0.5) is 0 Å².